The zero-order valence-electron chi connectivity index (χ0n) is 30.4. The van der Waals surface area contributed by atoms with Gasteiger partial charge in [0.05, 0.1) is 22.8 Å². The number of aromatic nitrogens is 4. The summed E-state index contributed by atoms with van der Waals surface area (Å²) < 4.78 is 0. The van der Waals surface area contributed by atoms with Crippen molar-refractivity contribution < 1.29 is 0 Å². The van der Waals surface area contributed by atoms with Crippen LogP contribution in [0.15, 0.2) is 194 Å². The van der Waals surface area contributed by atoms with Crippen LogP contribution in [0.4, 0.5) is 0 Å². The van der Waals surface area contributed by atoms with Crippen molar-refractivity contribution in [3.05, 3.63) is 194 Å². The van der Waals surface area contributed by atoms with Gasteiger partial charge in [-0.1, -0.05) is 170 Å². The van der Waals surface area contributed by atoms with Crippen LogP contribution in [-0.2, 0) is 0 Å². The van der Waals surface area contributed by atoms with Gasteiger partial charge in [-0.3, -0.25) is 0 Å². The lowest BCUT2D eigenvalue weighted by Crippen LogP contribution is -1.87. The highest BCUT2D eigenvalue weighted by atomic mass is 14.8. The molecule has 0 fully saturated rings. The largest absolute Gasteiger partial charge is 0.354 e. The molecule has 0 saturated heterocycles. The van der Waals surface area contributed by atoms with Gasteiger partial charge in [-0.25, -0.2) is 9.97 Å². The second-order valence-corrected chi connectivity index (χ2v) is 14.2. The van der Waals surface area contributed by atoms with Gasteiger partial charge in [-0.2, -0.15) is 0 Å². The Bertz CT molecular complexity index is 2690. The maximum absolute atomic E-state index is 5.67. The topological polar surface area (TPSA) is 57.4 Å². The zero-order valence-corrected chi connectivity index (χ0v) is 30.4. The number of aromatic amines is 2. The summed E-state index contributed by atoms with van der Waals surface area (Å²) in [5, 5.41) is 0. The molecule has 0 atom stereocenters. The lowest BCUT2D eigenvalue weighted by molar-refractivity contribution is 1.39. The Hall–Kier alpha value is -7.56. The maximum atomic E-state index is 5.67. The summed E-state index contributed by atoms with van der Waals surface area (Å²) in [6.07, 6.45) is 0. The molecule has 6 aromatic carbocycles. The van der Waals surface area contributed by atoms with Crippen molar-refractivity contribution in [1.82, 2.24) is 19.9 Å². The number of fused-ring (bicyclic) bond motifs is 14. The number of hydrogen-bond donors (Lipinski definition) is 2. The molecule has 0 aliphatic carbocycles. The van der Waals surface area contributed by atoms with E-state index in [4.69, 9.17) is 9.97 Å². The summed E-state index contributed by atoms with van der Waals surface area (Å²) in [5.41, 5.74) is 20.5. The van der Waals surface area contributed by atoms with Gasteiger partial charge in [0.15, 0.2) is 0 Å². The maximum Gasteiger partial charge on any atom is 0.0815 e. The van der Waals surface area contributed by atoms with Crippen LogP contribution >= 0.6 is 0 Å². The van der Waals surface area contributed by atoms with E-state index in [0.717, 1.165) is 112 Å². The lowest BCUT2D eigenvalue weighted by Gasteiger charge is -2.08. The number of H-pyrrole nitrogens is 2. The first-order valence-corrected chi connectivity index (χ1v) is 19.0. The minimum absolute atomic E-state index is 0.930. The highest BCUT2D eigenvalue weighted by molar-refractivity contribution is 6.07. The zero-order chi connectivity index (χ0) is 37.0. The van der Waals surface area contributed by atoms with Crippen LogP contribution in [-0.4, -0.2) is 19.9 Å². The van der Waals surface area contributed by atoms with Crippen LogP contribution in [0.25, 0.3) is 112 Å². The van der Waals surface area contributed by atoms with Crippen molar-refractivity contribution in [2.45, 2.75) is 0 Å². The van der Waals surface area contributed by atoms with Gasteiger partial charge in [-0.15, -0.1) is 0 Å². The normalized spacial score (nSPS) is 11.6. The van der Waals surface area contributed by atoms with E-state index in [-0.39, 0.29) is 0 Å². The van der Waals surface area contributed by atoms with Crippen molar-refractivity contribution in [3.63, 3.8) is 0 Å². The van der Waals surface area contributed by atoms with Gasteiger partial charge >= 0.3 is 0 Å². The summed E-state index contributed by atoms with van der Waals surface area (Å²) in [6.45, 7) is 0. The molecule has 3 aromatic heterocycles. The van der Waals surface area contributed by atoms with E-state index < -0.39 is 0 Å². The van der Waals surface area contributed by atoms with Crippen molar-refractivity contribution in [2.24, 2.45) is 0 Å². The number of hydrogen-bond acceptors (Lipinski definition) is 2. The molecule has 0 saturated carbocycles. The predicted octanol–water partition coefficient (Wildman–Crippen LogP) is 13.7. The van der Waals surface area contributed by atoms with Crippen molar-refractivity contribution in [1.29, 1.82) is 0 Å². The number of nitrogens with zero attached hydrogens (tertiary/aromatic N) is 2. The quantitative estimate of drug-likeness (QED) is 0.191. The summed E-state index contributed by atoms with van der Waals surface area (Å²) in [4.78, 5) is 19.2. The highest BCUT2D eigenvalue weighted by Crippen LogP contribution is 2.49. The van der Waals surface area contributed by atoms with E-state index >= 15 is 0 Å². The highest BCUT2D eigenvalue weighted by Gasteiger charge is 2.27. The molecule has 4 nitrogen and oxygen atoms in total. The Morgan fingerprint density at radius 3 is 0.679 bits per heavy atom. The fraction of sp³-hybridized carbons (Fsp3) is 0. The predicted molar refractivity (Wildman–Crippen MR) is 232 cm³/mol. The van der Waals surface area contributed by atoms with E-state index in [1.165, 1.54) is 0 Å². The van der Waals surface area contributed by atoms with E-state index in [9.17, 15) is 0 Å². The minimum atomic E-state index is 0.930. The van der Waals surface area contributed by atoms with E-state index in [0.29, 0.717) is 0 Å². The molecule has 0 spiro atoms. The molecule has 2 aliphatic heterocycles. The third-order valence-corrected chi connectivity index (χ3v) is 11.0. The fourth-order valence-electron chi connectivity index (χ4n) is 8.49. The summed E-state index contributed by atoms with van der Waals surface area (Å²) >= 11 is 0. The Morgan fingerprint density at radius 2 is 0.446 bits per heavy atom. The Kier molecular flexibility index (Phi) is 7.46. The molecule has 5 heterocycles. The van der Waals surface area contributed by atoms with Gasteiger partial charge in [0.1, 0.15) is 0 Å². The van der Waals surface area contributed by atoms with Gasteiger partial charge < -0.3 is 9.97 Å². The molecule has 262 valence electrons. The van der Waals surface area contributed by atoms with E-state index in [2.05, 4.69) is 204 Å². The molecule has 9 aromatic rings. The van der Waals surface area contributed by atoms with Gasteiger partial charge in [0.25, 0.3) is 0 Å². The molecule has 0 amide bonds. The number of benzene rings is 6. The second kappa shape index (κ2) is 13.1. The molecule has 11 rings (SSSR count). The molecule has 0 unspecified atom stereocenters. The molecular formula is C52H34N4. The van der Waals surface area contributed by atoms with Crippen LogP contribution in [0.1, 0.15) is 0 Å². The van der Waals surface area contributed by atoms with E-state index in [1.807, 2.05) is 0 Å². The molecule has 56 heavy (non-hydrogen) atoms. The van der Waals surface area contributed by atoms with Crippen molar-refractivity contribution >= 4 is 22.1 Å². The van der Waals surface area contributed by atoms with Gasteiger partial charge in [0.2, 0.25) is 0 Å². The first kappa shape index (κ1) is 31.9. The first-order chi connectivity index (χ1) is 27.8. The number of rotatable bonds is 4. The van der Waals surface area contributed by atoms with Gasteiger partial charge in [0, 0.05) is 66.6 Å². The van der Waals surface area contributed by atoms with Gasteiger partial charge in [-0.05, 0) is 46.5 Å². The third-order valence-electron chi connectivity index (χ3n) is 11.0. The standard InChI is InChI=1S/C52H34N4/c1-5-17-33(18-6-1)45-41-29-30-42(53-41)46(34-19-7-2-8-20-34)51-39-27-15-16-28-40(39)52(56-51)48(36-23-11-4-12-24-36)44-32-31-43(54-44)47(35-21-9-3-10-22-35)50-38-26-14-13-25-37(38)49(45)55-50/h1-32,53-54H. The summed E-state index contributed by atoms with van der Waals surface area (Å²) in [5.74, 6) is 0. The van der Waals surface area contributed by atoms with Crippen LogP contribution in [0, 0.1) is 0 Å². The summed E-state index contributed by atoms with van der Waals surface area (Å²) in [7, 11) is 0. The monoisotopic (exact) mass is 714 g/mol. The van der Waals surface area contributed by atoms with Crippen LogP contribution in [0.5, 0.6) is 0 Å². The van der Waals surface area contributed by atoms with E-state index in [1.54, 1.807) is 0 Å². The fourth-order valence-corrected chi connectivity index (χ4v) is 8.49. The van der Waals surface area contributed by atoms with Crippen LogP contribution in [0.3, 0.4) is 0 Å². The smallest absolute Gasteiger partial charge is 0.0815 e. The Morgan fingerprint density at radius 1 is 0.232 bits per heavy atom. The average molecular weight is 715 g/mol. The van der Waals surface area contributed by atoms with Crippen molar-refractivity contribution in [3.8, 4) is 89.5 Å². The molecule has 2 N–H and O–H groups in total. The third kappa shape index (κ3) is 5.15. The lowest BCUT2D eigenvalue weighted by atomic mass is 9.95. The molecule has 2 aliphatic rings. The summed E-state index contributed by atoms with van der Waals surface area (Å²) in [6, 6.07) is 68.6. The van der Waals surface area contributed by atoms with Crippen molar-refractivity contribution in [2.75, 3.05) is 0 Å². The Labute approximate surface area is 324 Å². The average Bonchev–Trinajstić information content (AvgIpc) is 4.08. The Balaban J connectivity index is 1.41. The molecule has 4 heteroatoms. The molecule has 8 bridgehead atoms. The second-order valence-electron chi connectivity index (χ2n) is 14.2. The van der Waals surface area contributed by atoms with Crippen LogP contribution in [0.2, 0.25) is 0 Å². The number of nitrogens with one attached hydrogen (secondary N) is 2. The minimum Gasteiger partial charge on any atom is -0.354 e. The SMILES string of the molecule is c1ccc(-c2c3nc(c(-c4ccccc4)c4ccc([nH]4)c(-c4ccccc4)c4nc(c(-c5ccccc5)c5ccc2[nH]5)-c2ccccc2-4)-c2ccccc2-3)cc1. The van der Waals surface area contributed by atoms with Crippen LogP contribution < -0.4 is 0 Å². The first-order valence-electron chi connectivity index (χ1n) is 19.0. The molecular weight excluding hydrogens is 681 g/mol. The molecule has 0 radical (unpaired) electrons.